The Kier molecular flexibility index (Phi) is 2.83. The molecule has 1 aliphatic heterocycles. The molecule has 0 aromatic rings. The molecule has 3 nitrogen and oxygen atoms in total. The Morgan fingerprint density at radius 2 is 2.40 bits per heavy atom. The summed E-state index contributed by atoms with van der Waals surface area (Å²) in [7, 11) is 0. The maximum Gasteiger partial charge on any atom is 0.152 e. The Hall–Kier alpha value is -0.410. The van der Waals surface area contributed by atoms with Crippen LogP contribution in [0.25, 0.3) is 0 Å². The van der Waals surface area contributed by atoms with E-state index in [9.17, 15) is 4.79 Å². The van der Waals surface area contributed by atoms with E-state index in [4.69, 9.17) is 5.11 Å². The average Bonchev–Trinajstić information content (AvgIpc) is 2.13. The van der Waals surface area contributed by atoms with E-state index in [-0.39, 0.29) is 18.4 Å². The molecule has 0 aromatic carbocycles. The van der Waals surface area contributed by atoms with E-state index in [0.29, 0.717) is 6.42 Å². The van der Waals surface area contributed by atoms with Gasteiger partial charge in [0.15, 0.2) is 5.78 Å². The molecular formula is C7H13NO2. The molecule has 1 fully saturated rings. The van der Waals surface area contributed by atoms with Crippen molar-refractivity contribution in [2.45, 2.75) is 25.3 Å². The molecule has 10 heavy (non-hydrogen) atoms. The van der Waals surface area contributed by atoms with Crippen LogP contribution in [-0.2, 0) is 4.79 Å². The van der Waals surface area contributed by atoms with E-state index in [0.717, 1.165) is 19.4 Å². The van der Waals surface area contributed by atoms with Gasteiger partial charge in [-0.2, -0.15) is 0 Å². The van der Waals surface area contributed by atoms with E-state index in [2.05, 4.69) is 5.32 Å². The molecule has 0 aromatic heterocycles. The molecule has 1 saturated heterocycles. The number of rotatable bonds is 1. The van der Waals surface area contributed by atoms with Gasteiger partial charge in [0.2, 0.25) is 0 Å². The van der Waals surface area contributed by atoms with Gasteiger partial charge in [0.05, 0.1) is 12.6 Å². The van der Waals surface area contributed by atoms with Gasteiger partial charge >= 0.3 is 0 Å². The van der Waals surface area contributed by atoms with Crippen LogP contribution in [0.15, 0.2) is 0 Å². The molecule has 1 rings (SSSR count). The maximum absolute atomic E-state index is 11.0. The highest BCUT2D eigenvalue weighted by Gasteiger charge is 2.18. The predicted octanol–water partition coefficient (Wildman–Crippen LogP) is -0.310. The second-order valence-corrected chi connectivity index (χ2v) is 2.61. The number of Topliss-reactive ketones (excluding diaryl/α,β-unsaturated/α-hetero) is 1. The van der Waals surface area contributed by atoms with Crippen molar-refractivity contribution in [3.05, 3.63) is 0 Å². The zero-order valence-electron chi connectivity index (χ0n) is 5.97. The van der Waals surface area contributed by atoms with Crippen LogP contribution < -0.4 is 5.32 Å². The van der Waals surface area contributed by atoms with Gasteiger partial charge in [-0.15, -0.1) is 0 Å². The number of ketones is 1. The highest BCUT2D eigenvalue weighted by Crippen LogP contribution is 2.03. The van der Waals surface area contributed by atoms with Crippen LogP contribution in [0.1, 0.15) is 19.3 Å². The summed E-state index contributed by atoms with van der Waals surface area (Å²) in [6, 6.07) is -0.289. The van der Waals surface area contributed by atoms with E-state index in [1.165, 1.54) is 0 Å². The van der Waals surface area contributed by atoms with Gasteiger partial charge in [-0.25, -0.2) is 0 Å². The Bertz CT molecular complexity index is 125. The lowest BCUT2D eigenvalue weighted by molar-refractivity contribution is -0.121. The Morgan fingerprint density at radius 3 is 3.10 bits per heavy atom. The van der Waals surface area contributed by atoms with Crippen molar-refractivity contribution in [2.75, 3.05) is 13.2 Å². The van der Waals surface area contributed by atoms with Crippen LogP contribution >= 0.6 is 0 Å². The number of nitrogens with one attached hydrogen (secondary N) is 1. The molecule has 0 radical (unpaired) electrons. The summed E-state index contributed by atoms with van der Waals surface area (Å²) in [6.45, 7) is 0.801. The van der Waals surface area contributed by atoms with Gasteiger partial charge in [-0.3, -0.25) is 4.79 Å². The number of carbonyl (C=O) groups excluding carboxylic acids is 1. The van der Waals surface area contributed by atoms with Crippen molar-refractivity contribution < 1.29 is 9.90 Å². The summed E-state index contributed by atoms with van der Waals surface area (Å²) in [5.41, 5.74) is 0. The first kappa shape index (κ1) is 7.69. The number of aliphatic hydroxyl groups is 1. The quantitative estimate of drug-likeness (QED) is 0.529. The highest BCUT2D eigenvalue weighted by atomic mass is 16.3. The first-order valence-electron chi connectivity index (χ1n) is 3.71. The van der Waals surface area contributed by atoms with Crippen LogP contribution in [0.3, 0.4) is 0 Å². The van der Waals surface area contributed by atoms with Crippen molar-refractivity contribution in [1.82, 2.24) is 5.32 Å². The fraction of sp³-hybridized carbons (Fsp3) is 0.857. The van der Waals surface area contributed by atoms with Crippen LogP contribution in [0.2, 0.25) is 0 Å². The first-order chi connectivity index (χ1) is 4.84. The van der Waals surface area contributed by atoms with Crippen molar-refractivity contribution in [1.29, 1.82) is 0 Å². The van der Waals surface area contributed by atoms with Gasteiger partial charge in [0, 0.05) is 6.42 Å². The minimum absolute atomic E-state index is 0.0567. The molecule has 0 aliphatic carbocycles. The van der Waals surface area contributed by atoms with Crippen molar-refractivity contribution in [2.24, 2.45) is 0 Å². The van der Waals surface area contributed by atoms with Gasteiger partial charge in [-0.05, 0) is 19.4 Å². The van der Waals surface area contributed by atoms with Crippen LogP contribution in [0, 0.1) is 0 Å². The van der Waals surface area contributed by atoms with Gasteiger partial charge in [0.1, 0.15) is 0 Å². The monoisotopic (exact) mass is 143 g/mol. The van der Waals surface area contributed by atoms with E-state index in [1.54, 1.807) is 0 Å². The Balaban J connectivity index is 2.43. The third-order valence-electron chi connectivity index (χ3n) is 1.81. The van der Waals surface area contributed by atoms with Gasteiger partial charge in [-0.1, -0.05) is 0 Å². The smallest absolute Gasteiger partial charge is 0.152 e. The molecule has 0 spiro atoms. The second kappa shape index (κ2) is 3.68. The van der Waals surface area contributed by atoms with Crippen LogP contribution in [0.5, 0.6) is 0 Å². The molecule has 58 valence electrons. The third kappa shape index (κ3) is 1.78. The Labute approximate surface area is 60.4 Å². The highest BCUT2D eigenvalue weighted by molar-refractivity contribution is 5.84. The normalized spacial score (nSPS) is 28.1. The summed E-state index contributed by atoms with van der Waals surface area (Å²) < 4.78 is 0. The Morgan fingerprint density at radius 1 is 1.60 bits per heavy atom. The predicted molar refractivity (Wildman–Crippen MR) is 37.7 cm³/mol. The lowest BCUT2D eigenvalue weighted by atomic mass is 10.1. The summed E-state index contributed by atoms with van der Waals surface area (Å²) in [5, 5.41) is 11.7. The second-order valence-electron chi connectivity index (χ2n) is 2.61. The minimum atomic E-state index is -0.289. The molecule has 1 atom stereocenters. The summed E-state index contributed by atoms with van der Waals surface area (Å²) in [6.07, 6.45) is 2.63. The number of hydrogen-bond acceptors (Lipinski definition) is 3. The average molecular weight is 143 g/mol. The standard InChI is InChI=1S/C7H13NO2/c9-5-6-7(10)3-1-2-4-8-6/h6,8-9H,1-5H2. The van der Waals surface area contributed by atoms with E-state index >= 15 is 0 Å². The number of carbonyl (C=O) groups is 1. The lowest BCUT2D eigenvalue weighted by Gasteiger charge is -2.09. The van der Waals surface area contributed by atoms with Crippen LogP contribution in [-0.4, -0.2) is 30.1 Å². The molecule has 1 aliphatic rings. The van der Waals surface area contributed by atoms with Crippen LogP contribution in [0.4, 0.5) is 0 Å². The summed E-state index contributed by atoms with van der Waals surface area (Å²) >= 11 is 0. The minimum Gasteiger partial charge on any atom is -0.394 e. The van der Waals surface area contributed by atoms with Gasteiger partial charge in [0.25, 0.3) is 0 Å². The number of aliphatic hydroxyl groups excluding tert-OH is 1. The molecule has 0 saturated carbocycles. The van der Waals surface area contributed by atoms with E-state index in [1.807, 2.05) is 0 Å². The summed E-state index contributed by atoms with van der Waals surface area (Å²) in [5.74, 6) is 0.153. The molecule has 0 amide bonds. The number of hydrogen-bond donors (Lipinski definition) is 2. The zero-order chi connectivity index (χ0) is 7.40. The zero-order valence-corrected chi connectivity index (χ0v) is 5.97. The first-order valence-corrected chi connectivity index (χ1v) is 3.71. The van der Waals surface area contributed by atoms with Crippen molar-refractivity contribution in [3.63, 3.8) is 0 Å². The molecular weight excluding hydrogens is 130 g/mol. The molecule has 3 heteroatoms. The SMILES string of the molecule is O=C1CCCCNC1CO. The van der Waals surface area contributed by atoms with Crippen molar-refractivity contribution >= 4 is 5.78 Å². The fourth-order valence-corrected chi connectivity index (χ4v) is 1.15. The summed E-state index contributed by atoms with van der Waals surface area (Å²) in [4.78, 5) is 11.0. The molecule has 2 N–H and O–H groups in total. The molecule has 1 unspecified atom stereocenters. The lowest BCUT2D eigenvalue weighted by Crippen LogP contribution is -2.38. The maximum atomic E-state index is 11.0. The topological polar surface area (TPSA) is 49.3 Å². The van der Waals surface area contributed by atoms with E-state index < -0.39 is 0 Å². The van der Waals surface area contributed by atoms with Crippen molar-refractivity contribution in [3.8, 4) is 0 Å². The fourth-order valence-electron chi connectivity index (χ4n) is 1.15. The largest absolute Gasteiger partial charge is 0.394 e. The third-order valence-corrected chi connectivity index (χ3v) is 1.81. The molecule has 0 bridgehead atoms. The van der Waals surface area contributed by atoms with Gasteiger partial charge < -0.3 is 10.4 Å². The molecule has 1 heterocycles.